The average Bonchev–Trinajstić information content (AvgIpc) is 3.29. The highest BCUT2D eigenvalue weighted by molar-refractivity contribution is 5.82. The van der Waals surface area contributed by atoms with Crippen molar-refractivity contribution in [3.05, 3.63) is 18.5 Å². The molecule has 4 heteroatoms. The Morgan fingerprint density at radius 2 is 1.86 bits per heavy atom. The molecule has 8 atom stereocenters. The zero-order valence-electron chi connectivity index (χ0n) is 17.5. The van der Waals surface area contributed by atoms with Crippen molar-refractivity contribution in [3.8, 4) is 0 Å². The molecule has 0 saturated heterocycles. The molecule has 1 aromatic rings. The van der Waals surface area contributed by atoms with Crippen molar-refractivity contribution in [1.29, 1.82) is 0 Å². The highest BCUT2D eigenvalue weighted by Crippen LogP contribution is 2.67. The quantitative estimate of drug-likeness (QED) is 0.836. The van der Waals surface area contributed by atoms with E-state index in [1.54, 1.807) is 10.9 Å². The molecule has 0 aliphatic heterocycles. The minimum atomic E-state index is -0.0701. The minimum absolute atomic E-state index is 0.0701. The van der Waals surface area contributed by atoms with E-state index in [9.17, 15) is 9.90 Å². The number of aliphatic hydroxyl groups excluding tert-OH is 1. The topological polar surface area (TPSA) is 55.1 Å². The SMILES string of the molecule is C[C@]12CC[C@@H](O)C[C@H]1CC[C@@H]1[C@@H]2CC[C@]2(C)[C@@H](C(=O)Cn3cccn3)CC[C@@H]12. The normalized spacial score (nSPS) is 47.8. The van der Waals surface area contributed by atoms with E-state index < -0.39 is 0 Å². The smallest absolute Gasteiger partial charge is 0.157 e. The number of Topliss-reactive ketones (excluding diaryl/α,β-unsaturated/α-hetero) is 1. The maximum Gasteiger partial charge on any atom is 0.157 e. The van der Waals surface area contributed by atoms with Crippen LogP contribution in [0.5, 0.6) is 0 Å². The summed E-state index contributed by atoms with van der Waals surface area (Å²) in [7, 11) is 0. The van der Waals surface area contributed by atoms with Crippen LogP contribution in [0.3, 0.4) is 0 Å². The number of ketones is 1. The van der Waals surface area contributed by atoms with Crippen molar-refractivity contribution < 1.29 is 9.90 Å². The molecule has 0 aromatic carbocycles. The zero-order valence-corrected chi connectivity index (χ0v) is 17.5. The van der Waals surface area contributed by atoms with Gasteiger partial charge in [-0.25, -0.2) is 0 Å². The van der Waals surface area contributed by atoms with Gasteiger partial charge in [0.2, 0.25) is 0 Å². The van der Waals surface area contributed by atoms with Crippen LogP contribution in [0, 0.1) is 40.4 Å². The second-order valence-electron chi connectivity index (χ2n) is 10.9. The molecule has 4 aliphatic rings. The Kier molecular flexibility index (Phi) is 4.50. The molecule has 0 radical (unpaired) electrons. The summed E-state index contributed by atoms with van der Waals surface area (Å²) < 4.78 is 1.80. The van der Waals surface area contributed by atoms with Gasteiger partial charge in [-0.1, -0.05) is 13.8 Å². The summed E-state index contributed by atoms with van der Waals surface area (Å²) >= 11 is 0. The van der Waals surface area contributed by atoms with Crippen LogP contribution in [-0.4, -0.2) is 26.8 Å². The fourth-order valence-corrected chi connectivity index (χ4v) is 8.43. The molecule has 0 unspecified atom stereocenters. The van der Waals surface area contributed by atoms with Crippen LogP contribution in [0.1, 0.15) is 71.6 Å². The fraction of sp³-hybridized carbons (Fsp3) is 0.833. The molecule has 5 rings (SSSR count). The third kappa shape index (κ3) is 2.74. The van der Waals surface area contributed by atoms with Crippen molar-refractivity contribution in [3.63, 3.8) is 0 Å². The summed E-state index contributed by atoms with van der Waals surface area (Å²) in [6.07, 6.45) is 14.2. The van der Waals surface area contributed by atoms with E-state index in [2.05, 4.69) is 18.9 Å². The first kappa shape index (κ1) is 18.8. The minimum Gasteiger partial charge on any atom is -0.393 e. The van der Waals surface area contributed by atoms with Crippen molar-refractivity contribution in [1.82, 2.24) is 9.78 Å². The van der Waals surface area contributed by atoms with Crippen molar-refractivity contribution >= 4 is 5.78 Å². The molecule has 1 heterocycles. The number of carbonyl (C=O) groups is 1. The maximum atomic E-state index is 13.2. The summed E-state index contributed by atoms with van der Waals surface area (Å²) in [6, 6.07) is 1.90. The van der Waals surface area contributed by atoms with Crippen LogP contribution in [0.4, 0.5) is 0 Å². The molecule has 4 fully saturated rings. The van der Waals surface area contributed by atoms with Crippen LogP contribution in [0.25, 0.3) is 0 Å². The number of fused-ring (bicyclic) bond motifs is 5. The van der Waals surface area contributed by atoms with E-state index in [1.165, 1.54) is 38.5 Å². The third-order valence-corrected chi connectivity index (χ3v) is 9.90. The first-order valence-corrected chi connectivity index (χ1v) is 11.6. The first-order valence-electron chi connectivity index (χ1n) is 11.6. The lowest BCUT2D eigenvalue weighted by atomic mass is 9.44. The van der Waals surface area contributed by atoms with Crippen molar-refractivity contribution in [2.24, 2.45) is 40.4 Å². The standard InChI is InChI=1S/C24H36N2O2/c1-23-10-8-17(27)14-16(23)4-5-18-19-6-7-21(24(19,2)11-9-20(18)23)22(28)15-26-13-3-12-25-26/h3,12-13,16-21,27H,4-11,14-15H2,1-2H3/t16-,17-,18+,19+,20+,21-,23+,24+/m1/s1. The lowest BCUT2D eigenvalue weighted by Crippen LogP contribution is -2.54. The van der Waals surface area contributed by atoms with E-state index in [1.807, 2.05) is 12.3 Å². The van der Waals surface area contributed by atoms with Crippen LogP contribution in [0.15, 0.2) is 18.5 Å². The van der Waals surface area contributed by atoms with Crippen LogP contribution in [-0.2, 0) is 11.3 Å². The molecule has 0 bridgehead atoms. The molecular formula is C24H36N2O2. The van der Waals surface area contributed by atoms with E-state index >= 15 is 0 Å². The van der Waals surface area contributed by atoms with Gasteiger partial charge in [0.25, 0.3) is 0 Å². The van der Waals surface area contributed by atoms with Gasteiger partial charge in [0, 0.05) is 18.3 Å². The predicted octanol–water partition coefficient (Wildman–Crippen LogP) is 4.47. The van der Waals surface area contributed by atoms with Crippen molar-refractivity contribution in [2.75, 3.05) is 0 Å². The van der Waals surface area contributed by atoms with E-state index in [0.717, 1.165) is 31.1 Å². The Balaban J connectivity index is 1.36. The van der Waals surface area contributed by atoms with Crippen LogP contribution in [0.2, 0.25) is 0 Å². The summed E-state index contributed by atoms with van der Waals surface area (Å²) in [5.41, 5.74) is 0.601. The fourth-order valence-electron chi connectivity index (χ4n) is 8.43. The molecule has 4 saturated carbocycles. The van der Waals surface area contributed by atoms with Gasteiger partial charge in [-0.3, -0.25) is 9.48 Å². The maximum absolute atomic E-state index is 13.2. The Bertz CT molecular complexity index is 731. The van der Waals surface area contributed by atoms with E-state index in [0.29, 0.717) is 29.6 Å². The second kappa shape index (κ2) is 6.68. The highest BCUT2D eigenvalue weighted by atomic mass is 16.3. The number of hydrogen-bond acceptors (Lipinski definition) is 3. The summed E-state index contributed by atoms with van der Waals surface area (Å²) in [6.45, 7) is 5.41. The van der Waals surface area contributed by atoms with Gasteiger partial charge in [-0.15, -0.1) is 0 Å². The summed E-state index contributed by atoms with van der Waals surface area (Å²) in [5, 5.41) is 14.5. The van der Waals surface area contributed by atoms with Gasteiger partial charge in [-0.2, -0.15) is 5.10 Å². The zero-order chi connectivity index (χ0) is 19.5. The Morgan fingerprint density at radius 3 is 2.64 bits per heavy atom. The third-order valence-electron chi connectivity index (χ3n) is 9.90. The molecule has 0 amide bonds. The van der Waals surface area contributed by atoms with Crippen LogP contribution >= 0.6 is 0 Å². The summed E-state index contributed by atoms with van der Waals surface area (Å²) in [4.78, 5) is 13.2. The Morgan fingerprint density at radius 1 is 1.07 bits per heavy atom. The molecule has 154 valence electrons. The molecule has 1 aromatic heterocycles. The first-order chi connectivity index (χ1) is 13.4. The van der Waals surface area contributed by atoms with Gasteiger partial charge < -0.3 is 5.11 Å². The summed E-state index contributed by atoms with van der Waals surface area (Å²) in [5.74, 6) is 3.62. The van der Waals surface area contributed by atoms with Crippen LogP contribution < -0.4 is 0 Å². The van der Waals surface area contributed by atoms with Gasteiger partial charge in [0.15, 0.2) is 5.78 Å². The van der Waals surface area contributed by atoms with Gasteiger partial charge >= 0.3 is 0 Å². The molecule has 28 heavy (non-hydrogen) atoms. The molecule has 4 aliphatic carbocycles. The van der Waals surface area contributed by atoms with Gasteiger partial charge in [0.1, 0.15) is 0 Å². The molecular weight excluding hydrogens is 348 g/mol. The number of nitrogens with zero attached hydrogens (tertiary/aromatic N) is 2. The van der Waals surface area contributed by atoms with Gasteiger partial charge in [0.05, 0.1) is 12.6 Å². The number of hydrogen-bond donors (Lipinski definition) is 1. The van der Waals surface area contributed by atoms with Crippen molar-refractivity contribution in [2.45, 2.75) is 84.3 Å². The molecule has 0 spiro atoms. The number of aliphatic hydroxyl groups is 1. The monoisotopic (exact) mass is 384 g/mol. The lowest BCUT2D eigenvalue weighted by Gasteiger charge is -2.60. The number of carbonyl (C=O) groups excluding carboxylic acids is 1. The lowest BCUT2D eigenvalue weighted by molar-refractivity contribution is -0.140. The highest BCUT2D eigenvalue weighted by Gasteiger charge is 2.61. The van der Waals surface area contributed by atoms with E-state index in [4.69, 9.17) is 0 Å². The molecule has 1 N–H and O–H groups in total. The largest absolute Gasteiger partial charge is 0.393 e. The average molecular weight is 385 g/mol. The van der Waals surface area contributed by atoms with Gasteiger partial charge in [-0.05, 0) is 98.4 Å². The number of aromatic nitrogens is 2. The predicted molar refractivity (Wildman–Crippen MR) is 108 cm³/mol. The van der Waals surface area contributed by atoms with E-state index in [-0.39, 0.29) is 17.4 Å². The Hall–Kier alpha value is -1.16. The number of rotatable bonds is 3. The second-order valence-corrected chi connectivity index (χ2v) is 10.9. The molecule has 4 nitrogen and oxygen atoms in total. The Labute approximate surface area is 169 Å².